The molecule has 0 aromatic heterocycles. The van der Waals surface area contributed by atoms with Gasteiger partial charge in [0.1, 0.15) is 0 Å². The third-order valence-corrected chi connectivity index (χ3v) is 3.88. The van der Waals surface area contributed by atoms with Crippen LogP contribution in [0.3, 0.4) is 0 Å². The normalized spacial score (nSPS) is 17.9. The molecule has 0 saturated heterocycles. The summed E-state index contributed by atoms with van der Waals surface area (Å²) >= 11 is 0. The topological polar surface area (TPSA) is 38.0 Å². The molecule has 2 rings (SSSR count). The van der Waals surface area contributed by atoms with E-state index in [0.29, 0.717) is 5.41 Å². The number of rotatable bonds is 5. The summed E-state index contributed by atoms with van der Waals surface area (Å²) in [5.41, 5.74) is 8.83. The fourth-order valence-corrected chi connectivity index (χ4v) is 2.28. The predicted octanol–water partition coefficient (Wildman–Crippen LogP) is 2.79. The van der Waals surface area contributed by atoms with Gasteiger partial charge < -0.3 is 11.1 Å². The zero-order chi connectivity index (χ0) is 11.4. The summed E-state index contributed by atoms with van der Waals surface area (Å²) in [5, 5.41) is 3.51. The Morgan fingerprint density at radius 2 is 1.94 bits per heavy atom. The first-order valence-corrected chi connectivity index (χ1v) is 6.31. The highest BCUT2D eigenvalue weighted by atomic mass is 14.9. The van der Waals surface area contributed by atoms with E-state index in [1.54, 1.807) is 0 Å². The minimum absolute atomic E-state index is 0.378. The van der Waals surface area contributed by atoms with Gasteiger partial charge in [-0.3, -0.25) is 0 Å². The average molecular weight is 218 g/mol. The van der Waals surface area contributed by atoms with Crippen LogP contribution >= 0.6 is 0 Å². The van der Waals surface area contributed by atoms with Crippen molar-refractivity contribution in [1.82, 2.24) is 0 Å². The SMILES string of the molecule is CCc1ccc(NCC2(CN)CCC2)cc1. The van der Waals surface area contributed by atoms with Crippen LogP contribution < -0.4 is 11.1 Å². The lowest BCUT2D eigenvalue weighted by Gasteiger charge is -2.41. The number of aryl methyl sites for hydroxylation is 1. The second-order valence-corrected chi connectivity index (χ2v) is 4.96. The number of hydrogen-bond acceptors (Lipinski definition) is 2. The van der Waals surface area contributed by atoms with E-state index in [4.69, 9.17) is 5.73 Å². The molecule has 2 heteroatoms. The lowest BCUT2D eigenvalue weighted by Crippen LogP contribution is -2.42. The third kappa shape index (κ3) is 2.38. The lowest BCUT2D eigenvalue weighted by atomic mass is 9.69. The number of benzene rings is 1. The molecule has 0 atom stereocenters. The molecule has 0 unspecified atom stereocenters. The largest absolute Gasteiger partial charge is 0.384 e. The Kier molecular flexibility index (Phi) is 3.49. The van der Waals surface area contributed by atoms with Gasteiger partial charge in [0.2, 0.25) is 0 Å². The highest BCUT2D eigenvalue weighted by molar-refractivity contribution is 5.44. The van der Waals surface area contributed by atoms with Crippen LogP contribution in [0.5, 0.6) is 0 Å². The van der Waals surface area contributed by atoms with E-state index >= 15 is 0 Å². The minimum atomic E-state index is 0.378. The van der Waals surface area contributed by atoms with Gasteiger partial charge >= 0.3 is 0 Å². The summed E-state index contributed by atoms with van der Waals surface area (Å²) in [6.45, 7) is 4.02. The second-order valence-electron chi connectivity index (χ2n) is 4.96. The monoisotopic (exact) mass is 218 g/mol. The molecule has 1 saturated carbocycles. The van der Waals surface area contributed by atoms with Gasteiger partial charge in [-0.1, -0.05) is 25.5 Å². The van der Waals surface area contributed by atoms with Gasteiger partial charge in [0.25, 0.3) is 0 Å². The van der Waals surface area contributed by atoms with E-state index < -0.39 is 0 Å². The molecule has 2 nitrogen and oxygen atoms in total. The van der Waals surface area contributed by atoms with E-state index in [9.17, 15) is 0 Å². The Bertz CT molecular complexity index is 320. The number of nitrogens with one attached hydrogen (secondary N) is 1. The van der Waals surface area contributed by atoms with Crippen LogP contribution in [0.15, 0.2) is 24.3 Å². The van der Waals surface area contributed by atoms with Gasteiger partial charge in [-0.05, 0) is 48.9 Å². The molecule has 1 aliphatic carbocycles. The van der Waals surface area contributed by atoms with Gasteiger partial charge in [0, 0.05) is 12.2 Å². The summed E-state index contributed by atoms with van der Waals surface area (Å²) in [6, 6.07) is 8.72. The van der Waals surface area contributed by atoms with Crippen molar-refractivity contribution in [2.75, 3.05) is 18.4 Å². The molecule has 1 aliphatic rings. The van der Waals surface area contributed by atoms with E-state index in [2.05, 4.69) is 36.5 Å². The summed E-state index contributed by atoms with van der Waals surface area (Å²) < 4.78 is 0. The van der Waals surface area contributed by atoms with Crippen LogP contribution in [-0.4, -0.2) is 13.1 Å². The fraction of sp³-hybridized carbons (Fsp3) is 0.571. The van der Waals surface area contributed by atoms with Crippen molar-refractivity contribution in [3.05, 3.63) is 29.8 Å². The maximum Gasteiger partial charge on any atom is 0.0340 e. The zero-order valence-electron chi connectivity index (χ0n) is 10.1. The molecule has 88 valence electrons. The minimum Gasteiger partial charge on any atom is -0.384 e. The molecule has 0 heterocycles. The molecule has 1 fully saturated rings. The van der Waals surface area contributed by atoms with Crippen molar-refractivity contribution < 1.29 is 0 Å². The lowest BCUT2D eigenvalue weighted by molar-refractivity contribution is 0.163. The number of nitrogens with two attached hydrogens (primary N) is 1. The molecule has 0 spiro atoms. The van der Waals surface area contributed by atoms with Crippen molar-refractivity contribution in [3.8, 4) is 0 Å². The standard InChI is InChI=1S/C14H22N2/c1-2-12-4-6-13(7-5-12)16-11-14(10-15)8-3-9-14/h4-7,16H,2-3,8-11,15H2,1H3. The maximum atomic E-state index is 5.84. The summed E-state index contributed by atoms with van der Waals surface area (Å²) in [4.78, 5) is 0. The van der Waals surface area contributed by atoms with E-state index in [1.807, 2.05) is 0 Å². The highest BCUT2D eigenvalue weighted by Crippen LogP contribution is 2.39. The first-order chi connectivity index (χ1) is 7.78. The van der Waals surface area contributed by atoms with E-state index in [0.717, 1.165) is 19.5 Å². The van der Waals surface area contributed by atoms with Crippen LogP contribution in [0.2, 0.25) is 0 Å². The van der Waals surface area contributed by atoms with Crippen molar-refractivity contribution in [2.45, 2.75) is 32.6 Å². The second kappa shape index (κ2) is 4.88. The first-order valence-electron chi connectivity index (χ1n) is 6.31. The van der Waals surface area contributed by atoms with E-state index in [-0.39, 0.29) is 0 Å². The van der Waals surface area contributed by atoms with Gasteiger partial charge in [0.05, 0.1) is 0 Å². The first kappa shape index (κ1) is 11.5. The molecule has 16 heavy (non-hydrogen) atoms. The Balaban J connectivity index is 1.89. The van der Waals surface area contributed by atoms with Crippen LogP contribution in [0.25, 0.3) is 0 Å². The summed E-state index contributed by atoms with van der Waals surface area (Å²) in [7, 11) is 0. The Labute approximate surface area is 98.2 Å². The zero-order valence-corrected chi connectivity index (χ0v) is 10.1. The van der Waals surface area contributed by atoms with Crippen molar-refractivity contribution >= 4 is 5.69 Å². The average Bonchev–Trinajstić information content (AvgIpc) is 2.29. The van der Waals surface area contributed by atoms with Crippen molar-refractivity contribution in [3.63, 3.8) is 0 Å². The molecule has 3 N–H and O–H groups in total. The predicted molar refractivity (Wildman–Crippen MR) is 69.6 cm³/mol. The molecule has 1 aromatic rings. The quantitative estimate of drug-likeness (QED) is 0.797. The smallest absolute Gasteiger partial charge is 0.0340 e. The molecule has 0 radical (unpaired) electrons. The maximum absolute atomic E-state index is 5.84. The van der Waals surface area contributed by atoms with Gasteiger partial charge in [-0.15, -0.1) is 0 Å². The number of hydrogen-bond donors (Lipinski definition) is 2. The Morgan fingerprint density at radius 1 is 1.25 bits per heavy atom. The number of anilines is 1. The molecule has 1 aromatic carbocycles. The van der Waals surface area contributed by atoms with Gasteiger partial charge in [-0.2, -0.15) is 0 Å². The van der Waals surface area contributed by atoms with Crippen LogP contribution in [-0.2, 0) is 6.42 Å². The van der Waals surface area contributed by atoms with Crippen molar-refractivity contribution in [1.29, 1.82) is 0 Å². The van der Waals surface area contributed by atoms with Crippen LogP contribution in [0.4, 0.5) is 5.69 Å². The van der Waals surface area contributed by atoms with Crippen LogP contribution in [0, 0.1) is 5.41 Å². The Hall–Kier alpha value is -1.02. The molecular formula is C14H22N2. The van der Waals surface area contributed by atoms with Gasteiger partial charge in [-0.25, -0.2) is 0 Å². The van der Waals surface area contributed by atoms with Crippen LogP contribution in [0.1, 0.15) is 31.7 Å². The molecule has 0 bridgehead atoms. The molecular weight excluding hydrogens is 196 g/mol. The fourth-order valence-electron chi connectivity index (χ4n) is 2.28. The third-order valence-electron chi connectivity index (χ3n) is 3.88. The van der Waals surface area contributed by atoms with E-state index in [1.165, 1.54) is 30.5 Å². The Morgan fingerprint density at radius 3 is 2.38 bits per heavy atom. The molecule has 0 amide bonds. The molecule has 0 aliphatic heterocycles. The summed E-state index contributed by atoms with van der Waals surface area (Å²) in [5.74, 6) is 0. The highest BCUT2D eigenvalue weighted by Gasteiger charge is 2.35. The van der Waals surface area contributed by atoms with Gasteiger partial charge in [0.15, 0.2) is 0 Å². The van der Waals surface area contributed by atoms with Crippen molar-refractivity contribution in [2.24, 2.45) is 11.1 Å². The summed E-state index contributed by atoms with van der Waals surface area (Å²) in [6.07, 6.45) is 5.01.